The molecule has 9 nitrogen and oxygen atoms in total. The number of alkyl halides is 2. The first kappa shape index (κ1) is 22.2. The molecule has 0 bridgehead atoms. The summed E-state index contributed by atoms with van der Waals surface area (Å²) in [6.07, 6.45) is 3.40. The number of aromatic carboxylic acids is 1. The zero-order chi connectivity index (χ0) is 21.6. The molecular weight excluding hydrogens is 413 g/mol. The predicted molar refractivity (Wildman–Crippen MR) is 99.3 cm³/mol. The molecule has 0 saturated heterocycles. The molecule has 0 amide bonds. The van der Waals surface area contributed by atoms with Crippen molar-refractivity contribution in [3.63, 3.8) is 0 Å². The zero-order valence-electron chi connectivity index (χ0n) is 14.4. The summed E-state index contributed by atoms with van der Waals surface area (Å²) in [5, 5.41) is 9.15. The lowest BCUT2D eigenvalue weighted by Crippen LogP contribution is -2.01. The minimum atomic E-state index is -4.64. The lowest BCUT2D eigenvalue weighted by molar-refractivity contribution is -0.0498. The Morgan fingerprint density at radius 2 is 1.72 bits per heavy atom. The van der Waals surface area contributed by atoms with Crippen LogP contribution in [0.1, 0.15) is 21.7 Å². The highest BCUT2D eigenvalue weighted by Crippen LogP contribution is 2.25. The molecule has 29 heavy (non-hydrogen) atoms. The third kappa shape index (κ3) is 7.43. The number of benzene rings is 2. The summed E-state index contributed by atoms with van der Waals surface area (Å²) in [4.78, 5) is 40.0. The van der Waals surface area contributed by atoms with Crippen LogP contribution in [-0.2, 0) is 4.57 Å². The van der Waals surface area contributed by atoms with Crippen molar-refractivity contribution in [1.82, 2.24) is 9.97 Å². The van der Waals surface area contributed by atoms with Gasteiger partial charge in [0.05, 0.1) is 11.1 Å². The van der Waals surface area contributed by atoms with Crippen molar-refractivity contribution in [1.29, 1.82) is 0 Å². The summed E-state index contributed by atoms with van der Waals surface area (Å²) in [5.74, 6) is -0.471. The number of imidazole rings is 1. The fraction of sp³-hybridized carbons (Fsp3) is 0.0588. The van der Waals surface area contributed by atoms with Gasteiger partial charge in [0.2, 0.25) is 0 Å². The second-order valence-corrected chi connectivity index (χ2v) is 6.45. The topological polar surface area (TPSA) is 153 Å². The molecule has 0 aliphatic rings. The van der Waals surface area contributed by atoms with Gasteiger partial charge < -0.3 is 29.5 Å². The second-order valence-electron chi connectivity index (χ2n) is 5.42. The number of fused-ring (bicyclic) bond motifs is 1. The van der Waals surface area contributed by atoms with Crippen LogP contribution in [0, 0.1) is 0 Å². The largest absolute Gasteiger partial charge is 0.478 e. The number of ether oxygens (including phenoxy) is 1. The Labute approximate surface area is 162 Å². The molecule has 0 unspecified atom stereocenters. The maximum Gasteiger partial charge on any atom is 0.466 e. The fourth-order valence-electron chi connectivity index (χ4n) is 2.24. The highest BCUT2D eigenvalue weighted by atomic mass is 31.2. The number of aromatic amines is 1. The van der Waals surface area contributed by atoms with Crippen LogP contribution in [0.15, 0.2) is 42.5 Å². The minimum Gasteiger partial charge on any atom is -0.478 e. The third-order valence-electron chi connectivity index (χ3n) is 3.30. The van der Waals surface area contributed by atoms with Crippen LogP contribution < -0.4 is 4.74 Å². The molecule has 3 rings (SSSR count). The molecule has 0 aliphatic heterocycles. The predicted octanol–water partition coefficient (Wildman–Crippen LogP) is 3.10. The van der Waals surface area contributed by atoms with E-state index in [9.17, 15) is 13.6 Å². The summed E-state index contributed by atoms with van der Waals surface area (Å²) in [6.45, 7) is -2.86. The molecule has 0 fully saturated rings. The fourth-order valence-corrected chi connectivity index (χ4v) is 2.24. The Morgan fingerprint density at radius 1 is 1.10 bits per heavy atom. The Balaban J connectivity index is 0.000000537. The van der Waals surface area contributed by atoms with Gasteiger partial charge in [0, 0.05) is 0 Å². The standard InChI is InChI=1S/C17H12F2N2O3.H3O4P/c18-17(19)24-11-7-4-10(5-8-11)6-9-14-20-13-3-1-2-12(16(22)23)15(13)21-14;1-5(2,3)4/h1-9,17H,(H,20,21)(H,22,23);(H3,1,2,3,4). The first-order chi connectivity index (χ1) is 13.5. The van der Waals surface area contributed by atoms with Crippen molar-refractivity contribution in [2.45, 2.75) is 6.61 Å². The van der Waals surface area contributed by atoms with Crippen LogP contribution in [0.2, 0.25) is 0 Å². The SMILES string of the molecule is O=C(O)c1cccc2[nH]c(C=Cc3ccc(OC(F)F)cc3)nc12.O=P(O)(O)O. The van der Waals surface area contributed by atoms with E-state index in [0.717, 1.165) is 5.56 Å². The van der Waals surface area contributed by atoms with E-state index in [-0.39, 0.29) is 11.3 Å². The number of carboxylic acid groups (broad SMARTS) is 1. The number of para-hydroxylation sites is 1. The van der Waals surface area contributed by atoms with Crippen LogP contribution in [0.5, 0.6) is 5.75 Å². The number of H-pyrrole nitrogens is 1. The number of halogens is 2. The van der Waals surface area contributed by atoms with Gasteiger partial charge in [-0.2, -0.15) is 8.78 Å². The van der Waals surface area contributed by atoms with Gasteiger partial charge in [-0.25, -0.2) is 14.3 Å². The monoisotopic (exact) mass is 428 g/mol. The lowest BCUT2D eigenvalue weighted by Gasteiger charge is -2.03. The second kappa shape index (κ2) is 9.39. The Hall–Kier alpha value is -3.11. The molecule has 1 aromatic heterocycles. The molecule has 0 radical (unpaired) electrons. The first-order valence-electron chi connectivity index (χ1n) is 7.76. The van der Waals surface area contributed by atoms with E-state index in [1.807, 2.05) is 0 Å². The summed E-state index contributed by atoms with van der Waals surface area (Å²) >= 11 is 0. The number of rotatable bonds is 5. The molecule has 3 aromatic rings. The van der Waals surface area contributed by atoms with Crippen LogP contribution in [-0.4, -0.2) is 42.3 Å². The van der Waals surface area contributed by atoms with Crippen LogP contribution in [0.25, 0.3) is 23.2 Å². The van der Waals surface area contributed by atoms with Gasteiger partial charge in [-0.1, -0.05) is 24.3 Å². The quantitative estimate of drug-likeness (QED) is 0.389. The Kier molecular flexibility index (Phi) is 7.18. The van der Waals surface area contributed by atoms with Crippen LogP contribution >= 0.6 is 7.82 Å². The van der Waals surface area contributed by atoms with Crippen molar-refractivity contribution in [2.24, 2.45) is 0 Å². The zero-order valence-corrected chi connectivity index (χ0v) is 15.3. The number of phosphoric acid groups is 1. The molecule has 0 saturated carbocycles. The highest BCUT2D eigenvalue weighted by Gasteiger charge is 2.11. The van der Waals surface area contributed by atoms with E-state index < -0.39 is 20.4 Å². The molecule has 154 valence electrons. The van der Waals surface area contributed by atoms with E-state index in [0.29, 0.717) is 16.9 Å². The number of aromatic nitrogens is 2. The number of hydrogen-bond donors (Lipinski definition) is 5. The van der Waals surface area contributed by atoms with Gasteiger partial charge in [0.25, 0.3) is 0 Å². The maximum atomic E-state index is 12.1. The first-order valence-corrected chi connectivity index (χ1v) is 9.32. The Morgan fingerprint density at radius 3 is 2.28 bits per heavy atom. The van der Waals surface area contributed by atoms with Gasteiger partial charge in [-0.15, -0.1) is 0 Å². The average Bonchev–Trinajstić information content (AvgIpc) is 3.02. The van der Waals surface area contributed by atoms with Gasteiger partial charge >= 0.3 is 20.4 Å². The molecule has 2 aromatic carbocycles. The van der Waals surface area contributed by atoms with Crippen molar-refractivity contribution in [3.8, 4) is 5.75 Å². The highest BCUT2D eigenvalue weighted by molar-refractivity contribution is 7.45. The normalized spacial score (nSPS) is 11.5. The minimum absolute atomic E-state index is 0.0805. The van der Waals surface area contributed by atoms with E-state index in [1.54, 1.807) is 36.4 Å². The van der Waals surface area contributed by atoms with Crippen molar-refractivity contribution >= 4 is 37.0 Å². The summed E-state index contributed by atoms with van der Waals surface area (Å²) in [7, 11) is -4.64. The summed E-state index contributed by atoms with van der Waals surface area (Å²) < 4.78 is 37.3. The third-order valence-corrected chi connectivity index (χ3v) is 3.30. The van der Waals surface area contributed by atoms with Crippen molar-refractivity contribution < 1.29 is 42.7 Å². The summed E-state index contributed by atoms with van der Waals surface area (Å²) in [6, 6.07) is 11.0. The molecule has 5 N–H and O–H groups in total. The maximum absolute atomic E-state index is 12.1. The number of nitrogens with zero attached hydrogens (tertiary/aromatic N) is 1. The van der Waals surface area contributed by atoms with E-state index in [2.05, 4.69) is 14.7 Å². The molecular formula is C17H15F2N2O7P. The van der Waals surface area contributed by atoms with Gasteiger partial charge in [-0.3, -0.25) is 0 Å². The van der Waals surface area contributed by atoms with Crippen molar-refractivity contribution in [2.75, 3.05) is 0 Å². The summed E-state index contributed by atoms with van der Waals surface area (Å²) in [5.41, 5.74) is 1.88. The van der Waals surface area contributed by atoms with E-state index in [1.165, 1.54) is 18.2 Å². The van der Waals surface area contributed by atoms with Gasteiger partial charge in [0.15, 0.2) is 0 Å². The van der Waals surface area contributed by atoms with E-state index >= 15 is 0 Å². The van der Waals surface area contributed by atoms with Crippen molar-refractivity contribution in [3.05, 3.63) is 59.4 Å². The number of carbonyl (C=O) groups is 1. The molecule has 0 spiro atoms. The molecule has 0 aliphatic carbocycles. The van der Waals surface area contributed by atoms with Gasteiger partial charge in [0.1, 0.15) is 17.1 Å². The molecule has 1 heterocycles. The van der Waals surface area contributed by atoms with Crippen LogP contribution in [0.4, 0.5) is 8.78 Å². The molecule has 0 atom stereocenters. The van der Waals surface area contributed by atoms with E-state index in [4.69, 9.17) is 24.4 Å². The molecule has 12 heteroatoms. The lowest BCUT2D eigenvalue weighted by atomic mass is 10.2. The smallest absolute Gasteiger partial charge is 0.466 e. The van der Waals surface area contributed by atoms with Gasteiger partial charge in [-0.05, 0) is 35.9 Å². The number of hydrogen-bond acceptors (Lipinski definition) is 4. The number of carboxylic acids is 1. The average molecular weight is 428 g/mol. The van der Waals surface area contributed by atoms with Crippen LogP contribution in [0.3, 0.4) is 0 Å². The number of nitrogens with one attached hydrogen (secondary N) is 1. The Bertz CT molecular complexity index is 1050.